The Morgan fingerprint density at radius 3 is 2.12 bits per heavy atom. The van der Waals surface area contributed by atoms with Gasteiger partial charge >= 0.3 is 0 Å². The van der Waals surface area contributed by atoms with Gasteiger partial charge in [0.2, 0.25) is 0 Å². The number of unbranched alkanes of at least 4 members (excludes halogenated alkanes) is 1. The van der Waals surface area contributed by atoms with Gasteiger partial charge in [0.25, 0.3) is 0 Å². The van der Waals surface area contributed by atoms with E-state index in [2.05, 4.69) is 25.7 Å². The highest BCUT2D eigenvalue weighted by Crippen LogP contribution is 2.35. The molecule has 0 spiro atoms. The summed E-state index contributed by atoms with van der Waals surface area (Å²) in [5.74, 6) is -0.321. The zero-order valence-electron chi connectivity index (χ0n) is 15.5. The van der Waals surface area contributed by atoms with E-state index >= 15 is 0 Å². The maximum Gasteiger partial charge on any atom is 0.196 e. The van der Waals surface area contributed by atoms with Crippen molar-refractivity contribution in [3.8, 4) is 0 Å². The molecule has 136 valence electrons. The summed E-state index contributed by atoms with van der Waals surface area (Å²) in [6.07, 6.45) is 5.01. The molecule has 0 saturated carbocycles. The van der Waals surface area contributed by atoms with Crippen LogP contribution in [0.5, 0.6) is 0 Å². The van der Waals surface area contributed by atoms with Crippen LogP contribution in [0.3, 0.4) is 0 Å². The number of nitrogens with two attached hydrogens (primary N) is 1. The molecular weight excluding hydrogens is 324 g/mol. The Balaban J connectivity index is 0.000000552. The second kappa shape index (κ2) is 8.99. The SMILES string of the molecule is C=CCC.CCCCNc1ccc(N)c2c1C(=O)c1ccccc1C2=O. The molecule has 0 saturated heterocycles. The molecule has 2 aromatic carbocycles. The number of hydrogen-bond donors (Lipinski definition) is 2. The van der Waals surface area contributed by atoms with Crippen molar-refractivity contribution in [2.45, 2.75) is 33.1 Å². The van der Waals surface area contributed by atoms with Gasteiger partial charge in [-0.2, -0.15) is 0 Å². The zero-order chi connectivity index (χ0) is 19.1. The lowest BCUT2D eigenvalue weighted by Gasteiger charge is -2.22. The fraction of sp³-hybridized carbons (Fsp3) is 0.273. The lowest BCUT2D eigenvalue weighted by Crippen LogP contribution is -2.24. The summed E-state index contributed by atoms with van der Waals surface area (Å²) < 4.78 is 0. The summed E-state index contributed by atoms with van der Waals surface area (Å²) in [6.45, 7) is 8.40. The van der Waals surface area contributed by atoms with Gasteiger partial charge in [-0.1, -0.05) is 50.6 Å². The summed E-state index contributed by atoms with van der Waals surface area (Å²) in [5, 5.41) is 3.25. The van der Waals surface area contributed by atoms with Crippen LogP contribution < -0.4 is 11.1 Å². The molecule has 2 aromatic rings. The molecule has 4 heteroatoms. The molecule has 1 aliphatic rings. The van der Waals surface area contributed by atoms with Gasteiger partial charge in [-0.05, 0) is 25.0 Å². The second-order valence-corrected chi connectivity index (χ2v) is 6.13. The Bertz CT molecular complexity index is 825. The lowest BCUT2D eigenvalue weighted by molar-refractivity contribution is 0.0980. The molecule has 1 aliphatic carbocycles. The van der Waals surface area contributed by atoms with E-state index in [4.69, 9.17) is 5.73 Å². The van der Waals surface area contributed by atoms with Crippen LogP contribution in [0.4, 0.5) is 11.4 Å². The Morgan fingerprint density at radius 2 is 1.58 bits per heavy atom. The summed E-state index contributed by atoms with van der Waals surface area (Å²) in [7, 11) is 0. The van der Waals surface area contributed by atoms with Crippen LogP contribution in [-0.2, 0) is 0 Å². The Labute approximate surface area is 155 Å². The van der Waals surface area contributed by atoms with Gasteiger partial charge in [-0.3, -0.25) is 9.59 Å². The quantitative estimate of drug-likeness (QED) is 0.392. The van der Waals surface area contributed by atoms with Gasteiger partial charge in [0.05, 0.1) is 11.1 Å². The van der Waals surface area contributed by atoms with Crippen LogP contribution in [0, 0.1) is 0 Å². The number of carbonyl (C=O) groups excluding carboxylic acids is 2. The van der Waals surface area contributed by atoms with Crippen molar-refractivity contribution in [1.82, 2.24) is 0 Å². The second-order valence-electron chi connectivity index (χ2n) is 6.13. The minimum Gasteiger partial charge on any atom is -0.398 e. The van der Waals surface area contributed by atoms with Crippen LogP contribution in [0.25, 0.3) is 0 Å². The Morgan fingerprint density at radius 1 is 1.00 bits per heavy atom. The van der Waals surface area contributed by atoms with E-state index in [-0.39, 0.29) is 11.6 Å². The van der Waals surface area contributed by atoms with Crippen molar-refractivity contribution in [3.05, 3.63) is 71.3 Å². The number of nitrogen functional groups attached to an aromatic ring is 1. The Kier molecular flexibility index (Phi) is 6.73. The van der Waals surface area contributed by atoms with E-state index in [0.717, 1.165) is 25.8 Å². The standard InChI is InChI=1S/C18H18N2O2.C4H8/c1-2-3-10-20-14-9-8-13(19)15-16(14)18(22)12-7-5-4-6-11(12)17(15)21;1-3-4-2/h4-9,20H,2-3,10,19H2,1H3;3H,1,4H2,2H3. The third-order valence-electron chi connectivity index (χ3n) is 4.24. The molecule has 0 radical (unpaired) electrons. The van der Waals surface area contributed by atoms with Gasteiger partial charge in [0, 0.05) is 29.0 Å². The smallest absolute Gasteiger partial charge is 0.196 e. The van der Waals surface area contributed by atoms with E-state index in [1.165, 1.54) is 0 Å². The molecule has 0 amide bonds. The third-order valence-corrected chi connectivity index (χ3v) is 4.24. The molecule has 0 fully saturated rings. The minimum absolute atomic E-state index is 0.142. The first-order valence-electron chi connectivity index (χ1n) is 9.02. The monoisotopic (exact) mass is 350 g/mol. The highest BCUT2D eigenvalue weighted by Gasteiger charge is 2.33. The first-order chi connectivity index (χ1) is 12.6. The van der Waals surface area contributed by atoms with Gasteiger partial charge in [-0.25, -0.2) is 0 Å². The molecule has 0 unspecified atom stereocenters. The number of ketones is 2. The van der Waals surface area contributed by atoms with Crippen molar-refractivity contribution >= 4 is 22.9 Å². The van der Waals surface area contributed by atoms with E-state index < -0.39 is 0 Å². The van der Waals surface area contributed by atoms with Crippen molar-refractivity contribution in [2.24, 2.45) is 0 Å². The predicted octanol–water partition coefficient (Wildman–Crippen LogP) is 4.84. The van der Waals surface area contributed by atoms with Gasteiger partial charge in [0.1, 0.15) is 0 Å². The molecule has 0 aromatic heterocycles. The molecule has 0 aliphatic heterocycles. The maximum atomic E-state index is 12.8. The highest BCUT2D eigenvalue weighted by molar-refractivity contribution is 6.31. The number of allylic oxidation sites excluding steroid dienone is 1. The van der Waals surface area contributed by atoms with E-state index in [1.54, 1.807) is 36.4 Å². The normalized spacial score (nSPS) is 11.8. The number of carbonyl (C=O) groups is 2. The van der Waals surface area contributed by atoms with E-state index in [0.29, 0.717) is 33.6 Å². The molecule has 0 atom stereocenters. The summed E-state index contributed by atoms with van der Waals surface area (Å²) in [6, 6.07) is 10.4. The summed E-state index contributed by atoms with van der Waals surface area (Å²) in [4.78, 5) is 25.5. The van der Waals surface area contributed by atoms with E-state index in [1.807, 2.05) is 6.08 Å². The van der Waals surface area contributed by atoms with Gasteiger partial charge in [0.15, 0.2) is 11.6 Å². The predicted molar refractivity (Wildman–Crippen MR) is 108 cm³/mol. The van der Waals surface area contributed by atoms with Gasteiger partial charge in [-0.15, -0.1) is 6.58 Å². The van der Waals surface area contributed by atoms with Crippen LogP contribution in [0.15, 0.2) is 49.1 Å². The number of rotatable bonds is 5. The molecule has 3 rings (SSSR count). The maximum absolute atomic E-state index is 12.8. The van der Waals surface area contributed by atoms with E-state index in [9.17, 15) is 9.59 Å². The van der Waals surface area contributed by atoms with Crippen LogP contribution >= 0.6 is 0 Å². The lowest BCUT2D eigenvalue weighted by atomic mass is 9.82. The molecule has 3 N–H and O–H groups in total. The largest absolute Gasteiger partial charge is 0.398 e. The van der Waals surface area contributed by atoms with Crippen molar-refractivity contribution in [3.63, 3.8) is 0 Å². The van der Waals surface area contributed by atoms with Crippen LogP contribution in [0.1, 0.15) is 65.0 Å². The molecular formula is C22H26N2O2. The molecule has 0 bridgehead atoms. The minimum atomic E-state index is -0.179. The van der Waals surface area contributed by atoms with Crippen molar-refractivity contribution < 1.29 is 9.59 Å². The van der Waals surface area contributed by atoms with Crippen molar-refractivity contribution in [2.75, 3.05) is 17.6 Å². The van der Waals surface area contributed by atoms with Crippen molar-refractivity contribution in [1.29, 1.82) is 0 Å². The topological polar surface area (TPSA) is 72.2 Å². The fourth-order valence-corrected chi connectivity index (χ4v) is 2.79. The molecule has 4 nitrogen and oxygen atoms in total. The number of nitrogens with one attached hydrogen (secondary N) is 1. The molecule has 26 heavy (non-hydrogen) atoms. The molecule has 0 heterocycles. The number of benzene rings is 2. The Hall–Kier alpha value is -2.88. The first-order valence-corrected chi connectivity index (χ1v) is 9.02. The summed E-state index contributed by atoms with van der Waals surface area (Å²) in [5.41, 5.74) is 8.61. The van der Waals surface area contributed by atoms with Crippen LogP contribution in [0.2, 0.25) is 0 Å². The average molecular weight is 350 g/mol. The fourth-order valence-electron chi connectivity index (χ4n) is 2.79. The van der Waals surface area contributed by atoms with Gasteiger partial charge < -0.3 is 11.1 Å². The number of anilines is 2. The van der Waals surface area contributed by atoms with Crippen LogP contribution in [-0.4, -0.2) is 18.1 Å². The number of fused-ring (bicyclic) bond motifs is 2. The highest BCUT2D eigenvalue weighted by atomic mass is 16.1. The first kappa shape index (κ1) is 19.4. The summed E-state index contributed by atoms with van der Waals surface area (Å²) >= 11 is 0. The zero-order valence-corrected chi connectivity index (χ0v) is 15.5. The number of hydrogen-bond acceptors (Lipinski definition) is 4. The third kappa shape index (κ3) is 3.85. The average Bonchev–Trinajstić information content (AvgIpc) is 2.67.